The Morgan fingerprint density at radius 3 is 2.50 bits per heavy atom. The van der Waals surface area contributed by atoms with Gasteiger partial charge in [-0.05, 0) is 17.9 Å². The lowest BCUT2D eigenvalue weighted by molar-refractivity contribution is -0.117. The van der Waals surface area contributed by atoms with E-state index in [0.717, 1.165) is 5.56 Å². The minimum atomic E-state index is -0.162. The summed E-state index contributed by atoms with van der Waals surface area (Å²) in [4.78, 5) is 16.6. The number of ketones is 1. The molecule has 0 amide bonds. The standard InChI is InChI=1S/C17H21NO2/c1-12(18-11-13-7-5-4-6-8-13)16-14(19)9-17(2,3)10-15(16)20/h4-8,19H,9-11H2,1-3H3. The molecule has 0 saturated carbocycles. The Kier molecular flexibility index (Phi) is 4.07. The number of allylic oxidation sites excluding steroid dienone is 2. The Bertz CT molecular complexity index is 568. The van der Waals surface area contributed by atoms with E-state index in [2.05, 4.69) is 4.99 Å². The Labute approximate surface area is 120 Å². The van der Waals surface area contributed by atoms with Gasteiger partial charge in [0.15, 0.2) is 5.78 Å². The van der Waals surface area contributed by atoms with Gasteiger partial charge in [0, 0.05) is 18.6 Å². The first-order valence-corrected chi connectivity index (χ1v) is 6.90. The first kappa shape index (κ1) is 14.5. The van der Waals surface area contributed by atoms with Crippen molar-refractivity contribution in [3.63, 3.8) is 0 Å². The molecule has 0 bridgehead atoms. The van der Waals surface area contributed by atoms with Crippen molar-refractivity contribution in [2.45, 2.75) is 40.2 Å². The minimum absolute atomic E-state index is 0.00642. The zero-order valence-corrected chi connectivity index (χ0v) is 12.3. The van der Waals surface area contributed by atoms with Crippen molar-refractivity contribution in [3.05, 3.63) is 47.2 Å². The van der Waals surface area contributed by atoms with Gasteiger partial charge in [0.1, 0.15) is 5.76 Å². The normalized spacial score (nSPS) is 19.4. The van der Waals surface area contributed by atoms with Gasteiger partial charge in [-0.25, -0.2) is 0 Å². The van der Waals surface area contributed by atoms with Gasteiger partial charge < -0.3 is 5.11 Å². The molecule has 1 aliphatic carbocycles. The minimum Gasteiger partial charge on any atom is -0.511 e. The topological polar surface area (TPSA) is 49.7 Å². The number of Topliss-reactive ketones (excluding diaryl/α,β-unsaturated/α-hetero) is 1. The molecule has 0 heterocycles. The van der Waals surface area contributed by atoms with Crippen LogP contribution in [0.2, 0.25) is 0 Å². The second-order valence-corrected chi connectivity index (χ2v) is 6.15. The number of carbonyl (C=O) groups is 1. The van der Waals surface area contributed by atoms with Gasteiger partial charge in [0.25, 0.3) is 0 Å². The molecule has 0 radical (unpaired) electrons. The molecule has 1 N–H and O–H groups in total. The largest absolute Gasteiger partial charge is 0.511 e. The number of rotatable bonds is 3. The molecule has 3 nitrogen and oxygen atoms in total. The summed E-state index contributed by atoms with van der Waals surface area (Å²) in [5, 5.41) is 10.1. The monoisotopic (exact) mass is 271 g/mol. The smallest absolute Gasteiger partial charge is 0.168 e. The van der Waals surface area contributed by atoms with Gasteiger partial charge in [-0.2, -0.15) is 0 Å². The number of carbonyl (C=O) groups excluding carboxylic acids is 1. The van der Waals surface area contributed by atoms with Crippen molar-refractivity contribution >= 4 is 11.5 Å². The Hall–Kier alpha value is -1.90. The number of benzene rings is 1. The SMILES string of the molecule is CC(=NCc1ccccc1)C1=C(O)CC(C)(C)CC1=O. The maximum Gasteiger partial charge on any atom is 0.168 e. The number of aliphatic imine (C=N–C) groups is 1. The highest BCUT2D eigenvalue weighted by atomic mass is 16.3. The Balaban J connectivity index is 2.20. The van der Waals surface area contributed by atoms with E-state index in [1.165, 1.54) is 0 Å². The summed E-state index contributed by atoms with van der Waals surface area (Å²) in [6.45, 7) is 6.31. The first-order chi connectivity index (χ1) is 9.39. The van der Waals surface area contributed by atoms with E-state index < -0.39 is 0 Å². The number of nitrogens with zero attached hydrogens (tertiary/aromatic N) is 1. The molecule has 1 aromatic rings. The van der Waals surface area contributed by atoms with Crippen molar-refractivity contribution in [2.24, 2.45) is 10.4 Å². The summed E-state index contributed by atoms with van der Waals surface area (Å²) in [6.07, 6.45) is 0.997. The van der Waals surface area contributed by atoms with Crippen molar-refractivity contribution < 1.29 is 9.90 Å². The van der Waals surface area contributed by atoms with E-state index in [-0.39, 0.29) is 17.0 Å². The summed E-state index contributed by atoms with van der Waals surface area (Å²) < 4.78 is 0. The van der Waals surface area contributed by atoms with Crippen LogP contribution in [0.1, 0.15) is 39.2 Å². The first-order valence-electron chi connectivity index (χ1n) is 6.90. The average molecular weight is 271 g/mol. The summed E-state index contributed by atoms with van der Waals surface area (Å²) in [5.74, 6) is 0.175. The maximum atomic E-state index is 12.2. The molecule has 2 rings (SSSR count). The lowest BCUT2D eigenvalue weighted by atomic mass is 9.76. The van der Waals surface area contributed by atoms with Crippen LogP contribution in [0.4, 0.5) is 0 Å². The molecular formula is C17H21NO2. The molecule has 0 aliphatic heterocycles. The second kappa shape index (κ2) is 5.61. The van der Waals surface area contributed by atoms with Gasteiger partial charge in [-0.15, -0.1) is 0 Å². The highest BCUT2D eigenvalue weighted by Gasteiger charge is 2.33. The zero-order valence-electron chi connectivity index (χ0n) is 12.3. The molecule has 106 valence electrons. The number of aliphatic hydroxyl groups is 1. The summed E-state index contributed by atoms with van der Waals surface area (Å²) in [7, 11) is 0. The van der Waals surface area contributed by atoms with Gasteiger partial charge >= 0.3 is 0 Å². The summed E-state index contributed by atoms with van der Waals surface area (Å²) in [6, 6.07) is 9.88. The third kappa shape index (κ3) is 3.35. The fourth-order valence-electron chi connectivity index (χ4n) is 2.57. The number of hydrogen-bond acceptors (Lipinski definition) is 3. The highest BCUT2D eigenvalue weighted by Crippen LogP contribution is 2.36. The predicted octanol–water partition coefficient (Wildman–Crippen LogP) is 3.85. The zero-order chi connectivity index (χ0) is 14.8. The molecule has 20 heavy (non-hydrogen) atoms. The van der Waals surface area contributed by atoms with Crippen LogP contribution in [0.3, 0.4) is 0 Å². The molecule has 0 aromatic heterocycles. The average Bonchev–Trinajstić information content (AvgIpc) is 2.35. The van der Waals surface area contributed by atoms with Crippen LogP contribution in [-0.2, 0) is 11.3 Å². The van der Waals surface area contributed by atoms with Crippen molar-refractivity contribution in [2.75, 3.05) is 0 Å². The highest BCUT2D eigenvalue weighted by molar-refractivity contribution is 6.22. The molecular weight excluding hydrogens is 250 g/mol. The van der Waals surface area contributed by atoms with Crippen molar-refractivity contribution in [3.8, 4) is 0 Å². The second-order valence-electron chi connectivity index (χ2n) is 6.15. The van der Waals surface area contributed by atoms with E-state index in [1.807, 2.05) is 44.2 Å². The lowest BCUT2D eigenvalue weighted by Gasteiger charge is -2.29. The molecule has 0 atom stereocenters. The van der Waals surface area contributed by atoms with Gasteiger partial charge in [0.05, 0.1) is 12.1 Å². The molecule has 0 spiro atoms. The van der Waals surface area contributed by atoms with E-state index in [9.17, 15) is 9.90 Å². The van der Waals surface area contributed by atoms with Crippen LogP contribution in [0, 0.1) is 5.41 Å². The fourth-order valence-corrected chi connectivity index (χ4v) is 2.57. The van der Waals surface area contributed by atoms with Crippen LogP contribution in [-0.4, -0.2) is 16.6 Å². The third-order valence-electron chi connectivity index (χ3n) is 3.56. The van der Waals surface area contributed by atoms with Crippen molar-refractivity contribution in [1.29, 1.82) is 0 Å². The van der Waals surface area contributed by atoms with Crippen LogP contribution in [0.25, 0.3) is 0 Å². The molecule has 0 saturated heterocycles. The van der Waals surface area contributed by atoms with E-state index in [1.54, 1.807) is 6.92 Å². The lowest BCUT2D eigenvalue weighted by Crippen LogP contribution is -2.28. The van der Waals surface area contributed by atoms with E-state index >= 15 is 0 Å². The number of aliphatic hydroxyl groups excluding tert-OH is 1. The molecule has 1 aliphatic rings. The Morgan fingerprint density at radius 1 is 1.25 bits per heavy atom. The molecule has 0 fully saturated rings. The number of hydrogen-bond donors (Lipinski definition) is 1. The molecule has 0 unspecified atom stereocenters. The van der Waals surface area contributed by atoms with E-state index in [4.69, 9.17) is 0 Å². The van der Waals surface area contributed by atoms with Crippen LogP contribution >= 0.6 is 0 Å². The van der Waals surface area contributed by atoms with Gasteiger partial charge in [-0.3, -0.25) is 9.79 Å². The molecule has 1 aromatic carbocycles. The molecule has 3 heteroatoms. The summed E-state index contributed by atoms with van der Waals surface area (Å²) >= 11 is 0. The van der Waals surface area contributed by atoms with Crippen LogP contribution in [0.5, 0.6) is 0 Å². The summed E-state index contributed by atoms with van der Waals surface area (Å²) in [5.41, 5.74) is 1.98. The van der Waals surface area contributed by atoms with E-state index in [0.29, 0.717) is 30.7 Å². The van der Waals surface area contributed by atoms with Crippen molar-refractivity contribution in [1.82, 2.24) is 0 Å². The van der Waals surface area contributed by atoms with Gasteiger partial charge in [0.2, 0.25) is 0 Å². The maximum absolute atomic E-state index is 12.2. The van der Waals surface area contributed by atoms with Crippen LogP contribution in [0.15, 0.2) is 46.7 Å². The predicted molar refractivity (Wildman–Crippen MR) is 80.9 cm³/mol. The quantitative estimate of drug-likeness (QED) is 0.849. The Morgan fingerprint density at radius 2 is 1.90 bits per heavy atom. The fraction of sp³-hybridized carbons (Fsp3) is 0.412. The van der Waals surface area contributed by atoms with Crippen LogP contribution < -0.4 is 0 Å². The van der Waals surface area contributed by atoms with Gasteiger partial charge in [-0.1, -0.05) is 44.2 Å². The third-order valence-corrected chi connectivity index (χ3v) is 3.56.